The summed E-state index contributed by atoms with van der Waals surface area (Å²) in [6, 6.07) is 0. The van der Waals surface area contributed by atoms with E-state index in [0.29, 0.717) is 0 Å². The quantitative estimate of drug-likeness (QED) is 0.452. The van der Waals surface area contributed by atoms with E-state index in [1.807, 2.05) is 0 Å². The molecular formula is C15H33NO. The van der Waals surface area contributed by atoms with Gasteiger partial charge in [-0.3, -0.25) is 0 Å². The second-order valence-corrected chi connectivity index (χ2v) is 4.76. The van der Waals surface area contributed by atoms with Gasteiger partial charge in [0.25, 0.3) is 0 Å². The van der Waals surface area contributed by atoms with Crippen LogP contribution in [-0.4, -0.2) is 37.7 Å². The van der Waals surface area contributed by atoms with E-state index in [1.165, 1.54) is 64.6 Å². The lowest BCUT2D eigenvalue weighted by atomic mass is 10.2. The second kappa shape index (κ2) is 14.0. The molecule has 0 unspecified atom stereocenters. The third-order valence-corrected chi connectivity index (χ3v) is 3.30. The molecule has 0 rings (SSSR count). The summed E-state index contributed by atoms with van der Waals surface area (Å²) in [6.45, 7) is 12.2. The number of rotatable bonds is 13. The zero-order valence-corrected chi connectivity index (χ0v) is 12.3. The molecule has 0 atom stereocenters. The van der Waals surface area contributed by atoms with Crippen LogP contribution in [0.2, 0.25) is 0 Å². The summed E-state index contributed by atoms with van der Waals surface area (Å²) in [7, 11) is 0. The van der Waals surface area contributed by atoms with Crippen molar-refractivity contribution in [3.63, 3.8) is 0 Å². The average Bonchev–Trinajstić information content (AvgIpc) is 2.36. The van der Waals surface area contributed by atoms with Gasteiger partial charge in [0.2, 0.25) is 0 Å². The topological polar surface area (TPSA) is 12.5 Å². The highest BCUT2D eigenvalue weighted by molar-refractivity contribution is 4.52. The van der Waals surface area contributed by atoms with Crippen molar-refractivity contribution < 1.29 is 4.74 Å². The van der Waals surface area contributed by atoms with Gasteiger partial charge < -0.3 is 9.64 Å². The number of hydrogen-bond donors (Lipinski definition) is 0. The third-order valence-electron chi connectivity index (χ3n) is 3.30. The SMILES string of the molecule is CCCCCCCOCCCCN(CC)CC. The molecule has 0 heterocycles. The lowest BCUT2D eigenvalue weighted by Crippen LogP contribution is -2.24. The zero-order chi connectivity index (χ0) is 12.8. The number of nitrogens with zero attached hydrogens (tertiary/aromatic N) is 1. The first-order valence-electron chi connectivity index (χ1n) is 7.65. The van der Waals surface area contributed by atoms with Gasteiger partial charge in [0.1, 0.15) is 0 Å². The molecule has 0 radical (unpaired) electrons. The Morgan fingerprint density at radius 1 is 0.706 bits per heavy atom. The normalized spacial score (nSPS) is 11.3. The van der Waals surface area contributed by atoms with Gasteiger partial charge in [0.05, 0.1) is 0 Å². The predicted molar refractivity (Wildman–Crippen MR) is 76.6 cm³/mol. The number of hydrogen-bond acceptors (Lipinski definition) is 2. The Morgan fingerprint density at radius 3 is 1.88 bits per heavy atom. The summed E-state index contributed by atoms with van der Waals surface area (Å²) in [4.78, 5) is 2.48. The molecule has 0 aromatic heterocycles. The fraction of sp³-hybridized carbons (Fsp3) is 1.00. The minimum absolute atomic E-state index is 0.953. The van der Waals surface area contributed by atoms with Gasteiger partial charge in [0, 0.05) is 13.2 Å². The molecule has 2 nitrogen and oxygen atoms in total. The molecule has 0 aliphatic heterocycles. The molecule has 0 aromatic carbocycles. The van der Waals surface area contributed by atoms with Crippen LogP contribution in [0.5, 0.6) is 0 Å². The van der Waals surface area contributed by atoms with Crippen molar-refractivity contribution in [2.24, 2.45) is 0 Å². The van der Waals surface area contributed by atoms with Crippen molar-refractivity contribution in [1.82, 2.24) is 4.90 Å². The molecule has 0 saturated carbocycles. The van der Waals surface area contributed by atoms with Crippen molar-refractivity contribution in [1.29, 1.82) is 0 Å². The molecule has 0 amide bonds. The number of unbranched alkanes of at least 4 members (excludes halogenated alkanes) is 5. The summed E-state index contributed by atoms with van der Waals surface area (Å²) in [5.74, 6) is 0. The largest absolute Gasteiger partial charge is 0.381 e. The van der Waals surface area contributed by atoms with Gasteiger partial charge in [-0.25, -0.2) is 0 Å². The molecule has 0 aliphatic rings. The molecule has 104 valence electrons. The standard InChI is InChI=1S/C15H33NO/c1-4-7-8-9-11-14-17-15-12-10-13-16(5-2)6-3/h4-15H2,1-3H3. The van der Waals surface area contributed by atoms with Crippen molar-refractivity contribution >= 4 is 0 Å². The van der Waals surface area contributed by atoms with Crippen molar-refractivity contribution in [3.05, 3.63) is 0 Å². The van der Waals surface area contributed by atoms with Crippen LogP contribution in [0.25, 0.3) is 0 Å². The van der Waals surface area contributed by atoms with E-state index in [9.17, 15) is 0 Å². The van der Waals surface area contributed by atoms with Gasteiger partial charge in [-0.1, -0.05) is 46.5 Å². The molecule has 0 fully saturated rings. The van der Waals surface area contributed by atoms with Gasteiger partial charge in [-0.05, 0) is 38.9 Å². The fourth-order valence-electron chi connectivity index (χ4n) is 1.99. The van der Waals surface area contributed by atoms with E-state index >= 15 is 0 Å². The van der Waals surface area contributed by atoms with Crippen LogP contribution < -0.4 is 0 Å². The van der Waals surface area contributed by atoms with E-state index < -0.39 is 0 Å². The van der Waals surface area contributed by atoms with Crippen molar-refractivity contribution in [2.75, 3.05) is 32.8 Å². The Balaban J connectivity index is 3.03. The molecule has 0 bridgehead atoms. The van der Waals surface area contributed by atoms with Crippen LogP contribution >= 0.6 is 0 Å². The molecule has 0 N–H and O–H groups in total. The molecule has 0 saturated heterocycles. The Labute approximate surface area is 109 Å². The maximum absolute atomic E-state index is 5.64. The highest BCUT2D eigenvalue weighted by atomic mass is 16.5. The first-order valence-corrected chi connectivity index (χ1v) is 7.65. The minimum atomic E-state index is 0.953. The Kier molecular flexibility index (Phi) is 13.9. The lowest BCUT2D eigenvalue weighted by Gasteiger charge is -2.17. The Bertz CT molecular complexity index is 135. The summed E-state index contributed by atoms with van der Waals surface area (Å²) < 4.78 is 5.64. The Morgan fingerprint density at radius 2 is 1.29 bits per heavy atom. The molecule has 0 aromatic rings. The molecular weight excluding hydrogens is 210 g/mol. The summed E-state index contributed by atoms with van der Waals surface area (Å²) in [5, 5.41) is 0. The minimum Gasteiger partial charge on any atom is -0.381 e. The highest BCUT2D eigenvalue weighted by Crippen LogP contribution is 2.03. The van der Waals surface area contributed by atoms with Gasteiger partial charge in [-0.15, -0.1) is 0 Å². The van der Waals surface area contributed by atoms with Gasteiger partial charge >= 0.3 is 0 Å². The smallest absolute Gasteiger partial charge is 0.0466 e. The molecule has 0 spiro atoms. The van der Waals surface area contributed by atoms with Gasteiger partial charge in [0.15, 0.2) is 0 Å². The predicted octanol–water partition coefficient (Wildman–Crippen LogP) is 4.10. The first-order chi connectivity index (χ1) is 8.35. The lowest BCUT2D eigenvalue weighted by molar-refractivity contribution is 0.123. The molecule has 2 heteroatoms. The van der Waals surface area contributed by atoms with Gasteiger partial charge in [-0.2, -0.15) is 0 Å². The van der Waals surface area contributed by atoms with Crippen LogP contribution in [0.4, 0.5) is 0 Å². The number of ether oxygens (including phenoxy) is 1. The maximum Gasteiger partial charge on any atom is 0.0466 e. The Hall–Kier alpha value is -0.0800. The van der Waals surface area contributed by atoms with Crippen LogP contribution in [0, 0.1) is 0 Å². The van der Waals surface area contributed by atoms with Crippen LogP contribution in [-0.2, 0) is 4.74 Å². The maximum atomic E-state index is 5.64. The van der Waals surface area contributed by atoms with E-state index in [4.69, 9.17) is 4.74 Å². The average molecular weight is 243 g/mol. The molecule has 0 aliphatic carbocycles. The van der Waals surface area contributed by atoms with Crippen molar-refractivity contribution in [3.8, 4) is 0 Å². The second-order valence-electron chi connectivity index (χ2n) is 4.76. The van der Waals surface area contributed by atoms with E-state index in [-0.39, 0.29) is 0 Å². The zero-order valence-electron chi connectivity index (χ0n) is 12.3. The third kappa shape index (κ3) is 12.2. The van der Waals surface area contributed by atoms with E-state index in [0.717, 1.165) is 13.2 Å². The fourth-order valence-corrected chi connectivity index (χ4v) is 1.99. The van der Waals surface area contributed by atoms with Crippen molar-refractivity contribution in [2.45, 2.75) is 65.7 Å². The summed E-state index contributed by atoms with van der Waals surface area (Å²) in [6.07, 6.45) is 9.16. The highest BCUT2D eigenvalue weighted by Gasteiger charge is 1.97. The monoisotopic (exact) mass is 243 g/mol. The van der Waals surface area contributed by atoms with E-state index in [2.05, 4.69) is 25.7 Å². The van der Waals surface area contributed by atoms with Crippen LogP contribution in [0.15, 0.2) is 0 Å². The van der Waals surface area contributed by atoms with E-state index in [1.54, 1.807) is 0 Å². The van der Waals surface area contributed by atoms with Crippen LogP contribution in [0.1, 0.15) is 65.7 Å². The molecule has 17 heavy (non-hydrogen) atoms. The van der Waals surface area contributed by atoms with Crippen LogP contribution in [0.3, 0.4) is 0 Å². The first kappa shape index (κ1) is 16.9. The summed E-state index contributed by atoms with van der Waals surface area (Å²) >= 11 is 0. The summed E-state index contributed by atoms with van der Waals surface area (Å²) in [5.41, 5.74) is 0.